The highest BCUT2D eigenvalue weighted by molar-refractivity contribution is 5.12. The van der Waals surface area contributed by atoms with Gasteiger partial charge in [0.1, 0.15) is 0 Å². The molecule has 0 spiro atoms. The van der Waals surface area contributed by atoms with Gasteiger partial charge in [-0.05, 0) is 87.2 Å². The first-order valence-corrected chi connectivity index (χ1v) is 16.9. The summed E-state index contributed by atoms with van der Waals surface area (Å²) in [5.74, 6) is 1.65. The molecule has 2 nitrogen and oxygen atoms in total. The number of nitrogens with zero attached hydrogens (tertiary/aromatic N) is 1. The van der Waals surface area contributed by atoms with Crippen molar-refractivity contribution in [1.82, 2.24) is 10.2 Å². The lowest BCUT2D eigenvalue weighted by molar-refractivity contribution is -0.172. The van der Waals surface area contributed by atoms with Crippen LogP contribution in [0.1, 0.15) is 165 Å². The minimum absolute atomic E-state index is 0.221. The molecule has 2 rings (SSSR count). The molecule has 2 fully saturated rings. The van der Waals surface area contributed by atoms with Crippen LogP contribution in [0.25, 0.3) is 0 Å². The first-order chi connectivity index (χ1) is 17.5. The predicted octanol–water partition coefficient (Wildman–Crippen LogP) is 10.3. The smallest absolute Gasteiger partial charge is 0.0209 e. The third kappa shape index (κ3) is 8.22. The Labute approximate surface area is 234 Å². The Morgan fingerprint density at radius 2 is 1.32 bits per heavy atom. The van der Waals surface area contributed by atoms with Crippen molar-refractivity contribution < 1.29 is 0 Å². The first-order valence-electron chi connectivity index (χ1n) is 16.9. The fourth-order valence-corrected chi connectivity index (χ4v) is 8.24. The van der Waals surface area contributed by atoms with E-state index in [4.69, 9.17) is 0 Å². The third-order valence-electron chi connectivity index (χ3n) is 12.3. The predicted molar refractivity (Wildman–Crippen MR) is 166 cm³/mol. The van der Waals surface area contributed by atoms with Gasteiger partial charge in [-0.2, -0.15) is 0 Å². The Bertz CT molecular complexity index is 615. The quantitative estimate of drug-likeness (QED) is 0.193. The second-order valence-corrected chi connectivity index (χ2v) is 15.1. The average Bonchev–Trinajstić information content (AvgIpc) is 2.87. The second kappa shape index (κ2) is 15.1. The number of unbranched alkanes of at least 4 members (excludes halogenated alkanes) is 10. The standard InChI is InChI=1S/C35H70N2/c1-10-12-13-14-15-16-17-18-19-20-21-24-35(31-22-26-36-27-23-31)25-28-37(34(8,9)33(35,6)7)29-32(4,5)30(3)11-2/h30-31,36H,10-29H2,1-9H3. The van der Waals surface area contributed by atoms with Gasteiger partial charge >= 0.3 is 0 Å². The van der Waals surface area contributed by atoms with Crippen molar-refractivity contribution in [2.24, 2.45) is 28.1 Å². The number of likely N-dealkylation sites (tertiary alicyclic amines) is 1. The SMILES string of the molecule is CCCCCCCCCCCCCC1(C2CCNCC2)CCN(CC(C)(C)C(C)CC)C(C)(C)C1(C)C. The summed E-state index contributed by atoms with van der Waals surface area (Å²) in [6, 6.07) is 0. The zero-order chi connectivity index (χ0) is 27.6. The number of rotatable bonds is 17. The molecule has 1 N–H and O–H groups in total. The van der Waals surface area contributed by atoms with Gasteiger partial charge in [-0.1, -0.05) is 126 Å². The second-order valence-electron chi connectivity index (χ2n) is 15.1. The minimum atomic E-state index is 0.221. The van der Waals surface area contributed by atoms with Crippen LogP contribution in [0.5, 0.6) is 0 Å². The van der Waals surface area contributed by atoms with Crippen molar-refractivity contribution in [2.45, 2.75) is 171 Å². The topological polar surface area (TPSA) is 15.3 Å². The van der Waals surface area contributed by atoms with Gasteiger partial charge in [0, 0.05) is 12.1 Å². The number of hydrogen-bond acceptors (Lipinski definition) is 2. The Kier molecular flexibility index (Phi) is 13.5. The van der Waals surface area contributed by atoms with E-state index in [1.807, 2.05) is 0 Å². The number of nitrogens with one attached hydrogen (secondary N) is 1. The first kappa shape index (κ1) is 33.1. The fraction of sp³-hybridized carbons (Fsp3) is 1.00. The van der Waals surface area contributed by atoms with Gasteiger partial charge in [0.05, 0.1) is 0 Å². The molecule has 2 aliphatic heterocycles. The van der Waals surface area contributed by atoms with Crippen LogP contribution in [-0.4, -0.2) is 36.6 Å². The molecular weight excluding hydrogens is 448 g/mol. The van der Waals surface area contributed by atoms with Crippen molar-refractivity contribution in [3.63, 3.8) is 0 Å². The monoisotopic (exact) mass is 519 g/mol. The summed E-state index contributed by atoms with van der Waals surface area (Å²) in [6.07, 6.45) is 22.8. The van der Waals surface area contributed by atoms with Crippen molar-refractivity contribution in [1.29, 1.82) is 0 Å². The molecule has 2 heterocycles. The largest absolute Gasteiger partial charge is 0.317 e. The molecule has 0 radical (unpaired) electrons. The van der Waals surface area contributed by atoms with Gasteiger partial charge < -0.3 is 5.32 Å². The molecule has 0 aromatic carbocycles. The number of hydrogen-bond donors (Lipinski definition) is 1. The maximum Gasteiger partial charge on any atom is 0.0209 e. The van der Waals surface area contributed by atoms with E-state index in [2.05, 4.69) is 72.5 Å². The Hall–Kier alpha value is -0.0800. The molecule has 0 saturated carbocycles. The lowest BCUT2D eigenvalue weighted by Crippen LogP contribution is -2.68. The molecule has 37 heavy (non-hydrogen) atoms. The van der Waals surface area contributed by atoms with Crippen LogP contribution in [0.4, 0.5) is 0 Å². The summed E-state index contributed by atoms with van der Waals surface area (Å²) in [4.78, 5) is 2.92. The molecule has 0 aromatic rings. The lowest BCUT2D eigenvalue weighted by Gasteiger charge is -2.67. The summed E-state index contributed by atoms with van der Waals surface area (Å²) < 4.78 is 0. The van der Waals surface area contributed by atoms with E-state index < -0.39 is 0 Å². The van der Waals surface area contributed by atoms with Gasteiger partial charge in [0.25, 0.3) is 0 Å². The Morgan fingerprint density at radius 1 is 0.811 bits per heavy atom. The lowest BCUT2D eigenvalue weighted by atomic mass is 9.46. The molecule has 0 bridgehead atoms. The van der Waals surface area contributed by atoms with Crippen LogP contribution < -0.4 is 5.32 Å². The van der Waals surface area contributed by atoms with Crippen LogP contribution in [0, 0.1) is 28.1 Å². The summed E-state index contributed by atoms with van der Waals surface area (Å²) in [5, 5.41) is 3.68. The molecule has 0 aliphatic carbocycles. The van der Waals surface area contributed by atoms with E-state index in [-0.39, 0.29) is 5.54 Å². The average molecular weight is 519 g/mol. The molecule has 2 saturated heterocycles. The van der Waals surface area contributed by atoms with Crippen molar-refractivity contribution in [3.05, 3.63) is 0 Å². The van der Waals surface area contributed by atoms with Crippen molar-refractivity contribution >= 4 is 0 Å². The summed E-state index contributed by atoms with van der Waals surface area (Å²) in [5.41, 5.74) is 1.38. The fourth-order valence-electron chi connectivity index (χ4n) is 8.24. The molecule has 2 atom stereocenters. The Balaban J connectivity index is 2.02. The van der Waals surface area contributed by atoms with Crippen LogP contribution in [0.3, 0.4) is 0 Å². The highest BCUT2D eigenvalue weighted by atomic mass is 15.2. The van der Waals surface area contributed by atoms with E-state index in [9.17, 15) is 0 Å². The molecule has 0 amide bonds. The van der Waals surface area contributed by atoms with Gasteiger partial charge in [-0.3, -0.25) is 4.90 Å². The van der Waals surface area contributed by atoms with Crippen molar-refractivity contribution in [2.75, 3.05) is 26.2 Å². The molecule has 0 aromatic heterocycles. The maximum absolute atomic E-state index is 3.68. The summed E-state index contributed by atoms with van der Waals surface area (Å²) in [7, 11) is 0. The zero-order valence-corrected chi connectivity index (χ0v) is 27.2. The zero-order valence-electron chi connectivity index (χ0n) is 27.2. The molecule has 220 valence electrons. The molecule has 2 unspecified atom stereocenters. The van der Waals surface area contributed by atoms with Gasteiger partial charge in [-0.15, -0.1) is 0 Å². The van der Waals surface area contributed by atoms with Gasteiger partial charge in [-0.25, -0.2) is 0 Å². The molecule has 2 aliphatic rings. The van der Waals surface area contributed by atoms with Crippen molar-refractivity contribution in [3.8, 4) is 0 Å². The van der Waals surface area contributed by atoms with E-state index in [0.717, 1.165) is 11.8 Å². The van der Waals surface area contributed by atoms with E-state index in [1.165, 1.54) is 129 Å². The van der Waals surface area contributed by atoms with E-state index in [0.29, 0.717) is 16.2 Å². The minimum Gasteiger partial charge on any atom is -0.317 e. The Morgan fingerprint density at radius 3 is 1.84 bits per heavy atom. The van der Waals surface area contributed by atoms with E-state index in [1.54, 1.807) is 0 Å². The normalized spacial score (nSPS) is 25.9. The maximum atomic E-state index is 3.68. The molecule has 2 heteroatoms. The molecular formula is C35H70N2. The number of piperidine rings is 2. The highest BCUT2D eigenvalue weighted by Gasteiger charge is 2.60. The van der Waals surface area contributed by atoms with Crippen LogP contribution in [0.2, 0.25) is 0 Å². The highest BCUT2D eigenvalue weighted by Crippen LogP contribution is 2.62. The summed E-state index contributed by atoms with van der Waals surface area (Å²) >= 11 is 0. The van der Waals surface area contributed by atoms with Crippen LogP contribution >= 0.6 is 0 Å². The van der Waals surface area contributed by atoms with Gasteiger partial charge in [0.15, 0.2) is 0 Å². The van der Waals surface area contributed by atoms with E-state index >= 15 is 0 Å². The third-order valence-corrected chi connectivity index (χ3v) is 12.3. The summed E-state index contributed by atoms with van der Waals surface area (Å²) in [6.45, 7) is 27.7. The van der Waals surface area contributed by atoms with Gasteiger partial charge in [0.2, 0.25) is 0 Å². The van der Waals surface area contributed by atoms with Crippen LogP contribution in [-0.2, 0) is 0 Å². The van der Waals surface area contributed by atoms with Crippen LogP contribution in [0.15, 0.2) is 0 Å².